The maximum absolute atomic E-state index is 5.50. The summed E-state index contributed by atoms with van der Waals surface area (Å²) >= 11 is 1.64. The Balaban J connectivity index is 0.000000500. The van der Waals surface area contributed by atoms with Crippen molar-refractivity contribution in [2.24, 2.45) is 0 Å². The van der Waals surface area contributed by atoms with Crippen LogP contribution in [0.4, 0.5) is 5.13 Å². The van der Waals surface area contributed by atoms with Crippen LogP contribution in [-0.4, -0.2) is 4.98 Å². The van der Waals surface area contributed by atoms with Crippen molar-refractivity contribution in [3.8, 4) is 0 Å². The molecule has 4 heteroatoms. The summed E-state index contributed by atoms with van der Waals surface area (Å²) in [6.07, 6.45) is 3.61. The molecule has 0 saturated carbocycles. The maximum Gasteiger partial charge on any atom is 0.180 e. The van der Waals surface area contributed by atoms with Crippen molar-refractivity contribution in [3.05, 3.63) is 10.6 Å². The summed E-state index contributed by atoms with van der Waals surface area (Å²) in [5, 5.41) is 0.736. The van der Waals surface area contributed by atoms with Gasteiger partial charge in [0, 0.05) is 4.88 Å². The number of fused-ring (bicyclic) bond motifs is 1. The van der Waals surface area contributed by atoms with E-state index in [-0.39, 0.29) is 12.4 Å². The van der Waals surface area contributed by atoms with Gasteiger partial charge in [-0.2, -0.15) is 0 Å². The average molecular weight is 177 g/mol. The Kier molecular flexibility index (Phi) is 2.16. The monoisotopic (exact) mass is 176 g/mol. The van der Waals surface area contributed by atoms with E-state index in [4.69, 9.17) is 5.73 Å². The molecule has 0 amide bonds. The van der Waals surface area contributed by atoms with Crippen LogP contribution < -0.4 is 5.73 Å². The topological polar surface area (TPSA) is 38.9 Å². The number of nitrogen functional groups attached to an aromatic ring is 1. The Morgan fingerprint density at radius 1 is 1.40 bits per heavy atom. The van der Waals surface area contributed by atoms with Crippen molar-refractivity contribution in [2.75, 3.05) is 5.73 Å². The zero-order valence-electron chi connectivity index (χ0n) is 5.46. The third-order valence-corrected chi connectivity index (χ3v) is 2.60. The molecule has 2 nitrogen and oxygen atoms in total. The summed E-state index contributed by atoms with van der Waals surface area (Å²) in [4.78, 5) is 5.60. The molecular formula is C6H9ClN2S. The van der Waals surface area contributed by atoms with Crippen LogP contribution in [0.1, 0.15) is 17.0 Å². The molecule has 56 valence electrons. The second kappa shape index (κ2) is 2.76. The number of rotatable bonds is 0. The molecule has 2 rings (SSSR count). The van der Waals surface area contributed by atoms with Crippen molar-refractivity contribution >= 4 is 28.9 Å². The van der Waals surface area contributed by atoms with Crippen molar-refractivity contribution in [3.63, 3.8) is 0 Å². The summed E-state index contributed by atoms with van der Waals surface area (Å²) in [7, 11) is 0. The molecule has 1 aromatic heterocycles. The summed E-state index contributed by atoms with van der Waals surface area (Å²) in [6.45, 7) is 0. The molecule has 0 bridgehead atoms. The Morgan fingerprint density at radius 3 is 2.90 bits per heavy atom. The van der Waals surface area contributed by atoms with Crippen LogP contribution in [0.2, 0.25) is 0 Å². The minimum absolute atomic E-state index is 0. The van der Waals surface area contributed by atoms with Crippen molar-refractivity contribution in [1.82, 2.24) is 4.98 Å². The highest BCUT2D eigenvalue weighted by Crippen LogP contribution is 2.28. The minimum Gasteiger partial charge on any atom is -0.375 e. The fourth-order valence-corrected chi connectivity index (χ4v) is 2.13. The van der Waals surface area contributed by atoms with E-state index in [1.54, 1.807) is 11.3 Å². The first-order valence-electron chi connectivity index (χ1n) is 3.10. The van der Waals surface area contributed by atoms with Gasteiger partial charge < -0.3 is 5.73 Å². The largest absolute Gasteiger partial charge is 0.375 e. The molecule has 0 aromatic carbocycles. The van der Waals surface area contributed by atoms with Crippen LogP contribution in [0, 0.1) is 0 Å². The first kappa shape index (κ1) is 7.82. The molecule has 0 saturated heterocycles. The van der Waals surface area contributed by atoms with Crippen molar-refractivity contribution < 1.29 is 0 Å². The van der Waals surface area contributed by atoms with Gasteiger partial charge in [-0.05, 0) is 19.3 Å². The Bertz CT molecular complexity index is 212. The van der Waals surface area contributed by atoms with Crippen LogP contribution in [0.3, 0.4) is 0 Å². The first-order valence-corrected chi connectivity index (χ1v) is 3.92. The van der Waals surface area contributed by atoms with Crippen molar-refractivity contribution in [1.29, 1.82) is 0 Å². The number of thiazole rings is 1. The molecule has 1 aliphatic rings. The first-order chi connectivity index (χ1) is 4.36. The normalized spacial score (nSPS) is 14.4. The van der Waals surface area contributed by atoms with Crippen LogP contribution in [0.5, 0.6) is 0 Å². The van der Waals surface area contributed by atoms with Gasteiger partial charge in [0.1, 0.15) is 0 Å². The summed E-state index contributed by atoms with van der Waals surface area (Å²) < 4.78 is 0. The number of hydrogen-bond donors (Lipinski definition) is 1. The Morgan fingerprint density at radius 2 is 2.20 bits per heavy atom. The predicted molar refractivity (Wildman–Crippen MR) is 45.8 cm³/mol. The second-order valence-electron chi connectivity index (χ2n) is 2.28. The minimum atomic E-state index is 0. The maximum atomic E-state index is 5.50. The van der Waals surface area contributed by atoms with E-state index in [2.05, 4.69) is 4.98 Å². The molecule has 0 radical (unpaired) electrons. The van der Waals surface area contributed by atoms with Gasteiger partial charge in [0.2, 0.25) is 0 Å². The Hall–Kier alpha value is -0.280. The molecule has 0 unspecified atom stereocenters. The van der Waals surface area contributed by atoms with Crippen LogP contribution >= 0.6 is 23.7 Å². The fraction of sp³-hybridized carbons (Fsp3) is 0.500. The third kappa shape index (κ3) is 1.11. The van der Waals surface area contributed by atoms with Gasteiger partial charge in [0.15, 0.2) is 5.13 Å². The van der Waals surface area contributed by atoms with Gasteiger partial charge >= 0.3 is 0 Å². The van der Waals surface area contributed by atoms with E-state index < -0.39 is 0 Å². The van der Waals surface area contributed by atoms with Gasteiger partial charge in [-0.15, -0.1) is 23.7 Å². The lowest BCUT2D eigenvalue weighted by atomic mass is 10.4. The number of halogens is 1. The van der Waals surface area contributed by atoms with Crippen LogP contribution in [0.15, 0.2) is 0 Å². The Labute approximate surface area is 69.9 Å². The molecule has 0 spiro atoms. The van der Waals surface area contributed by atoms with E-state index in [1.807, 2.05) is 0 Å². The molecule has 1 aliphatic carbocycles. The quantitative estimate of drug-likeness (QED) is 0.653. The molecule has 0 fully saturated rings. The van der Waals surface area contributed by atoms with E-state index in [9.17, 15) is 0 Å². The third-order valence-electron chi connectivity index (χ3n) is 1.61. The van der Waals surface area contributed by atoms with E-state index >= 15 is 0 Å². The molecule has 10 heavy (non-hydrogen) atoms. The zero-order valence-corrected chi connectivity index (χ0v) is 7.10. The predicted octanol–water partition coefficient (Wildman–Crippen LogP) is 1.64. The molecule has 0 atom stereocenters. The highest BCUT2D eigenvalue weighted by Gasteiger charge is 2.14. The van der Waals surface area contributed by atoms with Gasteiger partial charge in [-0.1, -0.05) is 0 Å². The lowest BCUT2D eigenvalue weighted by Gasteiger charge is -1.80. The summed E-state index contributed by atoms with van der Waals surface area (Å²) in [6, 6.07) is 0. The summed E-state index contributed by atoms with van der Waals surface area (Å²) in [5.41, 5.74) is 6.74. The average Bonchev–Trinajstić information content (AvgIpc) is 2.22. The number of anilines is 1. The number of aryl methyl sites for hydroxylation is 2. The highest BCUT2D eigenvalue weighted by molar-refractivity contribution is 7.15. The molecule has 1 heterocycles. The molecular weight excluding hydrogens is 168 g/mol. The molecule has 0 aliphatic heterocycles. The second-order valence-corrected chi connectivity index (χ2v) is 3.39. The molecule has 1 aromatic rings. The number of nitrogens with zero attached hydrogens (tertiary/aromatic N) is 1. The van der Waals surface area contributed by atoms with E-state index in [1.165, 1.54) is 23.4 Å². The molecule has 2 N–H and O–H groups in total. The van der Waals surface area contributed by atoms with Crippen LogP contribution in [0.25, 0.3) is 0 Å². The number of hydrogen-bond acceptors (Lipinski definition) is 3. The van der Waals surface area contributed by atoms with Gasteiger partial charge in [0.05, 0.1) is 5.69 Å². The highest BCUT2D eigenvalue weighted by atomic mass is 35.5. The standard InChI is InChI=1S/C6H8N2S.ClH/c7-6-8-4-2-1-3-5(4)9-6;/h1-3H2,(H2,7,8);1H. The van der Waals surface area contributed by atoms with Crippen molar-refractivity contribution in [2.45, 2.75) is 19.3 Å². The zero-order chi connectivity index (χ0) is 6.27. The summed E-state index contributed by atoms with van der Waals surface area (Å²) in [5.74, 6) is 0. The SMILES string of the molecule is Cl.Nc1nc2c(s1)CCC2. The van der Waals surface area contributed by atoms with E-state index in [0.29, 0.717) is 0 Å². The lowest BCUT2D eigenvalue weighted by Crippen LogP contribution is -1.83. The van der Waals surface area contributed by atoms with Gasteiger partial charge in [-0.25, -0.2) is 4.98 Å². The number of aromatic nitrogens is 1. The van der Waals surface area contributed by atoms with Gasteiger partial charge in [-0.3, -0.25) is 0 Å². The lowest BCUT2D eigenvalue weighted by molar-refractivity contribution is 0.900. The number of nitrogens with two attached hydrogens (primary N) is 1. The smallest absolute Gasteiger partial charge is 0.180 e. The van der Waals surface area contributed by atoms with E-state index in [0.717, 1.165) is 11.6 Å². The fourth-order valence-electron chi connectivity index (χ4n) is 1.21. The van der Waals surface area contributed by atoms with Crippen LogP contribution in [-0.2, 0) is 12.8 Å². The van der Waals surface area contributed by atoms with Gasteiger partial charge in [0.25, 0.3) is 0 Å².